The van der Waals surface area contributed by atoms with Gasteiger partial charge in [0, 0.05) is 23.0 Å². The summed E-state index contributed by atoms with van der Waals surface area (Å²) >= 11 is 0. The number of benzene rings is 1. The smallest absolute Gasteiger partial charge is 0.116 e. The number of phenolic OH excluding ortho intramolecular Hbond substituents is 1. The van der Waals surface area contributed by atoms with Crippen molar-refractivity contribution in [1.82, 2.24) is 15.1 Å². The number of hydrogen-bond donors (Lipinski definition) is 3. The van der Waals surface area contributed by atoms with Crippen LogP contribution in [0.5, 0.6) is 5.75 Å². The molecule has 1 fully saturated rings. The van der Waals surface area contributed by atoms with Gasteiger partial charge in [0.2, 0.25) is 0 Å². The van der Waals surface area contributed by atoms with Crippen molar-refractivity contribution >= 4 is 5.70 Å². The van der Waals surface area contributed by atoms with Gasteiger partial charge in [0.05, 0.1) is 6.04 Å². The highest BCUT2D eigenvalue weighted by Gasteiger charge is 2.20. The first-order valence-electron chi connectivity index (χ1n) is 8.11. The van der Waals surface area contributed by atoms with Gasteiger partial charge in [-0.3, -0.25) is 4.68 Å². The predicted molar refractivity (Wildman–Crippen MR) is 93.0 cm³/mol. The van der Waals surface area contributed by atoms with Crippen LogP contribution in [0, 0.1) is 6.92 Å². The van der Waals surface area contributed by atoms with Gasteiger partial charge in [-0.05, 0) is 63.5 Å². The molecule has 122 valence electrons. The largest absolute Gasteiger partial charge is 0.508 e. The first-order chi connectivity index (χ1) is 11.1. The number of hydrogen-bond acceptors (Lipinski definition) is 4. The molecule has 5 heteroatoms. The minimum Gasteiger partial charge on any atom is -0.508 e. The minimum atomic E-state index is 0.251. The highest BCUT2D eigenvalue weighted by atomic mass is 16.3. The van der Waals surface area contributed by atoms with Gasteiger partial charge in [-0.15, -0.1) is 0 Å². The fourth-order valence-electron chi connectivity index (χ4n) is 3.13. The van der Waals surface area contributed by atoms with Crippen LogP contribution in [0.25, 0.3) is 17.0 Å². The van der Waals surface area contributed by atoms with E-state index in [0.717, 1.165) is 48.3 Å². The number of piperidine rings is 1. The van der Waals surface area contributed by atoms with Crippen LogP contribution in [0.1, 0.15) is 36.9 Å². The van der Waals surface area contributed by atoms with E-state index in [1.807, 2.05) is 36.9 Å². The van der Waals surface area contributed by atoms with Crippen LogP contribution in [0.3, 0.4) is 0 Å². The quantitative estimate of drug-likeness (QED) is 0.814. The van der Waals surface area contributed by atoms with E-state index in [2.05, 4.69) is 5.32 Å². The fourth-order valence-corrected chi connectivity index (χ4v) is 3.13. The van der Waals surface area contributed by atoms with E-state index < -0.39 is 0 Å². The highest BCUT2D eigenvalue weighted by Crippen LogP contribution is 2.31. The number of aryl methyl sites for hydroxylation is 1. The Bertz CT molecular complexity index is 706. The molecule has 4 N–H and O–H groups in total. The SMILES string of the molecule is C/C=C(\N)c1cn(C2CCNCC2)nc1-c1cc(C)cc(O)c1. The first-order valence-corrected chi connectivity index (χ1v) is 8.11. The van der Waals surface area contributed by atoms with Crippen LogP contribution in [-0.4, -0.2) is 28.0 Å². The van der Waals surface area contributed by atoms with E-state index in [-0.39, 0.29) is 5.75 Å². The van der Waals surface area contributed by atoms with Gasteiger partial charge in [0.25, 0.3) is 0 Å². The summed E-state index contributed by atoms with van der Waals surface area (Å²) in [6, 6.07) is 5.91. The van der Waals surface area contributed by atoms with Gasteiger partial charge in [-0.2, -0.15) is 5.10 Å². The number of nitrogens with one attached hydrogen (secondary N) is 1. The third kappa shape index (κ3) is 3.24. The molecule has 2 aromatic rings. The predicted octanol–water partition coefficient (Wildman–Crippen LogP) is 2.81. The first kappa shape index (κ1) is 15.6. The molecule has 1 saturated heterocycles. The Balaban J connectivity index is 2.08. The standard InChI is InChI=1S/C18H24N4O/c1-3-17(19)16-11-22(14-4-6-20-7-5-14)21-18(16)13-8-12(2)9-15(23)10-13/h3,8-11,14,20,23H,4-7,19H2,1-2H3/b17-3-. The Kier molecular flexibility index (Phi) is 4.39. The zero-order valence-corrected chi connectivity index (χ0v) is 13.7. The van der Waals surface area contributed by atoms with Crippen molar-refractivity contribution in [1.29, 1.82) is 0 Å². The lowest BCUT2D eigenvalue weighted by Gasteiger charge is -2.22. The second-order valence-electron chi connectivity index (χ2n) is 6.15. The summed E-state index contributed by atoms with van der Waals surface area (Å²) in [4.78, 5) is 0. The van der Waals surface area contributed by atoms with Crippen LogP contribution < -0.4 is 11.1 Å². The second kappa shape index (κ2) is 6.46. The molecule has 2 heterocycles. The summed E-state index contributed by atoms with van der Waals surface area (Å²) < 4.78 is 2.04. The molecule has 1 aliphatic heterocycles. The average Bonchev–Trinajstić information content (AvgIpc) is 2.99. The second-order valence-corrected chi connectivity index (χ2v) is 6.15. The Labute approximate surface area is 136 Å². The maximum Gasteiger partial charge on any atom is 0.116 e. The summed E-state index contributed by atoms with van der Waals surface area (Å²) in [5.41, 5.74) is 10.6. The van der Waals surface area contributed by atoms with Gasteiger partial charge in [-0.1, -0.05) is 6.08 Å². The van der Waals surface area contributed by atoms with E-state index in [1.165, 1.54) is 0 Å². The van der Waals surface area contributed by atoms with E-state index in [0.29, 0.717) is 11.7 Å². The molecule has 1 aliphatic rings. The van der Waals surface area contributed by atoms with Crippen LogP contribution >= 0.6 is 0 Å². The molecule has 0 spiro atoms. The lowest BCUT2D eigenvalue weighted by molar-refractivity contribution is 0.343. The molecule has 5 nitrogen and oxygen atoms in total. The highest BCUT2D eigenvalue weighted by molar-refractivity contribution is 5.78. The maximum atomic E-state index is 9.91. The summed E-state index contributed by atoms with van der Waals surface area (Å²) in [6.07, 6.45) is 6.06. The molecule has 0 atom stereocenters. The summed E-state index contributed by atoms with van der Waals surface area (Å²) in [7, 11) is 0. The van der Waals surface area contributed by atoms with E-state index in [9.17, 15) is 5.11 Å². The molecule has 0 aliphatic carbocycles. The van der Waals surface area contributed by atoms with E-state index >= 15 is 0 Å². The monoisotopic (exact) mass is 312 g/mol. The van der Waals surface area contributed by atoms with Crippen molar-refractivity contribution in [2.45, 2.75) is 32.7 Å². The van der Waals surface area contributed by atoms with Crippen molar-refractivity contribution in [3.63, 3.8) is 0 Å². The molecular formula is C18H24N4O. The summed E-state index contributed by atoms with van der Waals surface area (Å²) in [5, 5.41) is 18.1. The third-order valence-corrected chi connectivity index (χ3v) is 4.37. The molecule has 3 rings (SSSR count). The Morgan fingerprint density at radius 3 is 2.74 bits per heavy atom. The maximum absolute atomic E-state index is 9.91. The molecule has 23 heavy (non-hydrogen) atoms. The lowest BCUT2D eigenvalue weighted by Crippen LogP contribution is -2.29. The number of rotatable bonds is 3. The van der Waals surface area contributed by atoms with Crippen molar-refractivity contribution in [2.24, 2.45) is 5.73 Å². The number of nitrogens with zero attached hydrogens (tertiary/aromatic N) is 2. The number of aromatic nitrogens is 2. The van der Waals surface area contributed by atoms with Crippen LogP contribution in [-0.2, 0) is 0 Å². The van der Waals surface area contributed by atoms with Crippen LogP contribution in [0.4, 0.5) is 0 Å². The number of phenols is 1. The number of aromatic hydroxyl groups is 1. The molecule has 0 saturated carbocycles. The number of allylic oxidation sites excluding steroid dienone is 1. The molecule has 0 bridgehead atoms. The van der Waals surface area contributed by atoms with Crippen molar-refractivity contribution < 1.29 is 5.11 Å². The van der Waals surface area contributed by atoms with Crippen molar-refractivity contribution in [2.75, 3.05) is 13.1 Å². The van der Waals surface area contributed by atoms with Gasteiger partial charge < -0.3 is 16.2 Å². The summed E-state index contributed by atoms with van der Waals surface area (Å²) in [5.74, 6) is 0.251. The Morgan fingerprint density at radius 1 is 1.35 bits per heavy atom. The molecule has 0 amide bonds. The lowest BCUT2D eigenvalue weighted by atomic mass is 10.0. The van der Waals surface area contributed by atoms with E-state index in [4.69, 9.17) is 10.8 Å². The van der Waals surface area contributed by atoms with Gasteiger partial charge in [0.15, 0.2) is 0 Å². The normalized spacial score (nSPS) is 16.7. The minimum absolute atomic E-state index is 0.251. The molecule has 1 aromatic heterocycles. The number of nitrogens with two attached hydrogens (primary N) is 1. The Hall–Kier alpha value is -2.27. The molecule has 0 radical (unpaired) electrons. The van der Waals surface area contributed by atoms with Gasteiger partial charge >= 0.3 is 0 Å². The van der Waals surface area contributed by atoms with Crippen LogP contribution in [0.2, 0.25) is 0 Å². The van der Waals surface area contributed by atoms with Gasteiger partial charge in [-0.25, -0.2) is 0 Å². The molecule has 0 unspecified atom stereocenters. The molecular weight excluding hydrogens is 288 g/mol. The summed E-state index contributed by atoms with van der Waals surface area (Å²) in [6.45, 7) is 5.92. The van der Waals surface area contributed by atoms with Crippen molar-refractivity contribution in [3.05, 3.63) is 41.6 Å². The Morgan fingerprint density at radius 2 is 2.09 bits per heavy atom. The van der Waals surface area contributed by atoms with Crippen molar-refractivity contribution in [3.8, 4) is 17.0 Å². The average molecular weight is 312 g/mol. The fraction of sp³-hybridized carbons (Fsp3) is 0.389. The van der Waals surface area contributed by atoms with E-state index in [1.54, 1.807) is 12.1 Å². The van der Waals surface area contributed by atoms with Crippen LogP contribution in [0.15, 0.2) is 30.5 Å². The topological polar surface area (TPSA) is 76.1 Å². The van der Waals surface area contributed by atoms with Gasteiger partial charge in [0.1, 0.15) is 11.4 Å². The third-order valence-electron chi connectivity index (χ3n) is 4.37. The molecule has 1 aromatic carbocycles. The zero-order chi connectivity index (χ0) is 16.4. The zero-order valence-electron chi connectivity index (χ0n) is 13.7.